The number of ether oxygens (including phenoxy) is 2. The summed E-state index contributed by atoms with van der Waals surface area (Å²) in [6.45, 7) is 1.78. The van der Waals surface area contributed by atoms with Gasteiger partial charge in [0.25, 0.3) is 0 Å². The average molecular weight is 399 g/mol. The van der Waals surface area contributed by atoms with E-state index < -0.39 is 10.0 Å². The van der Waals surface area contributed by atoms with Gasteiger partial charge in [0.05, 0.1) is 4.90 Å². The molecule has 6 nitrogen and oxygen atoms in total. The van der Waals surface area contributed by atoms with Crippen molar-refractivity contribution >= 4 is 22.4 Å². The van der Waals surface area contributed by atoms with Crippen LogP contribution in [0.1, 0.15) is 5.56 Å². The van der Waals surface area contributed by atoms with Gasteiger partial charge >= 0.3 is 0 Å². The second-order valence-corrected chi connectivity index (χ2v) is 7.67. The van der Waals surface area contributed by atoms with Crippen LogP contribution in [0.2, 0.25) is 0 Å². The maximum Gasteiger partial charge on any atom is 0.243 e. The van der Waals surface area contributed by atoms with Crippen LogP contribution in [0.4, 0.5) is 0 Å². The molecule has 1 aliphatic heterocycles. The van der Waals surface area contributed by atoms with E-state index in [1.165, 1.54) is 10.4 Å². The topological polar surface area (TPSA) is 81.9 Å². The molecule has 0 bridgehead atoms. The number of fused-ring (bicyclic) bond motifs is 1. The zero-order chi connectivity index (χ0) is 17.7. The first-order chi connectivity index (χ1) is 12.1. The maximum atomic E-state index is 13.0. The molecule has 26 heavy (non-hydrogen) atoms. The normalized spacial score (nSPS) is 13.3. The molecule has 3 rings (SSSR count). The molecule has 0 fully saturated rings. The number of rotatable bonds is 7. The second-order valence-electron chi connectivity index (χ2n) is 5.73. The Labute approximate surface area is 160 Å². The third-order valence-electron chi connectivity index (χ3n) is 4.02. The van der Waals surface area contributed by atoms with Crippen LogP contribution in [-0.2, 0) is 16.4 Å². The molecule has 0 saturated carbocycles. The molecule has 0 aromatic heterocycles. The van der Waals surface area contributed by atoms with E-state index in [0.717, 1.165) is 5.56 Å². The fourth-order valence-corrected chi connectivity index (χ4v) is 4.20. The van der Waals surface area contributed by atoms with Crippen molar-refractivity contribution in [1.82, 2.24) is 4.31 Å². The highest BCUT2D eigenvalue weighted by atomic mass is 35.5. The van der Waals surface area contributed by atoms with E-state index in [1.54, 1.807) is 12.1 Å². The molecule has 0 amide bonds. The van der Waals surface area contributed by atoms with Gasteiger partial charge in [-0.2, -0.15) is 4.31 Å². The molecule has 0 radical (unpaired) electrons. The monoisotopic (exact) mass is 398 g/mol. The molecule has 1 aliphatic rings. The summed E-state index contributed by atoms with van der Waals surface area (Å²) in [5, 5.41) is 0. The maximum absolute atomic E-state index is 13.0. The largest absolute Gasteiger partial charge is 0.486 e. The van der Waals surface area contributed by atoms with Gasteiger partial charge in [0, 0.05) is 25.7 Å². The highest BCUT2D eigenvalue weighted by molar-refractivity contribution is 7.89. The molecule has 0 spiro atoms. The zero-order valence-electron chi connectivity index (χ0n) is 14.3. The summed E-state index contributed by atoms with van der Waals surface area (Å²) in [7, 11) is -3.65. The summed E-state index contributed by atoms with van der Waals surface area (Å²) in [5.74, 6) is 1.03. The van der Waals surface area contributed by atoms with Crippen molar-refractivity contribution in [2.45, 2.75) is 11.3 Å². The second kappa shape index (κ2) is 9.23. The van der Waals surface area contributed by atoms with Gasteiger partial charge in [-0.05, 0) is 24.1 Å². The Morgan fingerprint density at radius 1 is 0.962 bits per heavy atom. The Kier molecular flexibility index (Phi) is 7.28. The van der Waals surface area contributed by atoms with Gasteiger partial charge < -0.3 is 15.2 Å². The van der Waals surface area contributed by atoms with E-state index in [2.05, 4.69) is 0 Å². The Bertz CT molecular complexity index is 815. The summed E-state index contributed by atoms with van der Waals surface area (Å²) < 4.78 is 38.4. The van der Waals surface area contributed by atoms with Gasteiger partial charge in [-0.3, -0.25) is 0 Å². The molecule has 1 heterocycles. The van der Waals surface area contributed by atoms with E-state index in [0.29, 0.717) is 37.7 Å². The van der Waals surface area contributed by atoms with Crippen molar-refractivity contribution in [3.63, 3.8) is 0 Å². The van der Waals surface area contributed by atoms with Gasteiger partial charge in [-0.25, -0.2) is 8.42 Å². The molecule has 142 valence electrons. The van der Waals surface area contributed by atoms with Gasteiger partial charge in [0.1, 0.15) is 13.2 Å². The van der Waals surface area contributed by atoms with Gasteiger partial charge in [0.15, 0.2) is 11.5 Å². The first kappa shape index (κ1) is 20.5. The SMILES string of the molecule is Cl.NCCN(CCc1ccccc1)S(=O)(=O)c1ccc2c(c1)OCCO2. The lowest BCUT2D eigenvalue weighted by Crippen LogP contribution is -2.37. The fourth-order valence-electron chi connectivity index (χ4n) is 2.73. The van der Waals surface area contributed by atoms with E-state index in [1.807, 2.05) is 30.3 Å². The Morgan fingerprint density at radius 2 is 1.65 bits per heavy atom. The molecular weight excluding hydrogens is 376 g/mol. The zero-order valence-corrected chi connectivity index (χ0v) is 16.0. The first-order valence-electron chi connectivity index (χ1n) is 8.25. The standard InChI is InChI=1S/C18H22N2O4S.ClH/c19-9-11-20(10-8-15-4-2-1-3-5-15)25(21,22)16-6-7-17-18(14-16)24-13-12-23-17;/h1-7,14H,8-13,19H2;1H. The summed E-state index contributed by atoms with van der Waals surface area (Å²) in [6.07, 6.45) is 0.630. The summed E-state index contributed by atoms with van der Waals surface area (Å²) in [4.78, 5) is 0.193. The molecule has 0 saturated heterocycles. The summed E-state index contributed by atoms with van der Waals surface area (Å²) in [6, 6.07) is 14.5. The van der Waals surface area contributed by atoms with Crippen LogP contribution in [0, 0.1) is 0 Å². The van der Waals surface area contributed by atoms with Crippen LogP contribution >= 0.6 is 12.4 Å². The highest BCUT2D eigenvalue weighted by Crippen LogP contribution is 2.33. The Balaban J connectivity index is 0.00000243. The predicted molar refractivity (Wildman–Crippen MR) is 103 cm³/mol. The molecule has 0 atom stereocenters. The fraction of sp³-hybridized carbons (Fsp3) is 0.333. The Morgan fingerprint density at radius 3 is 2.35 bits per heavy atom. The molecular formula is C18H23ClN2O4S. The predicted octanol–water partition coefficient (Wildman–Crippen LogP) is 2.07. The molecule has 2 N–H and O–H groups in total. The number of sulfonamides is 1. The van der Waals surface area contributed by atoms with E-state index in [-0.39, 0.29) is 30.4 Å². The molecule has 8 heteroatoms. The quantitative estimate of drug-likeness (QED) is 0.772. The van der Waals surface area contributed by atoms with Crippen LogP contribution in [0.15, 0.2) is 53.4 Å². The van der Waals surface area contributed by atoms with Crippen molar-refractivity contribution in [2.24, 2.45) is 5.73 Å². The first-order valence-corrected chi connectivity index (χ1v) is 9.69. The van der Waals surface area contributed by atoms with Crippen molar-refractivity contribution < 1.29 is 17.9 Å². The third kappa shape index (κ3) is 4.67. The number of hydrogen-bond acceptors (Lipinski definition) is 5. The molecule has 0 unspecified atom stereocenters. The number of hydrogen-bond donors (Lipinski definition) is 1. The third-order valence-corrected chi connectivity index (χ3v) is 5.92. The summed E-state index contributed by atoms with van der Waals surface area (Å²) in [5.41, 5.74) is 6.72. The smallest absolute Gasteiger partial charge is 0.243 e. The van der Waals surface area contributed by atoms with Gasteiger partial charge in [-0.1, -0.05) is 30.3 Å². The average Bonchev–Trinajstić information content (AvgIpc) is 2.65. The molecule has 2 aromatic carbocycles. The Hall–Kier alpha value is -1.80. The van der Waals surface area contributed by atoms with E-state index in [9.17, 15) is 8.42 Å². The van der Waals surface area contributed by atoms with E-state index >= 15 is 0 Å². The van der Waals surface area contributed by atoms with Crippen LogP contribution in [0.3, 0.4) is 0 Å². The minimum Gasteiger partial charge on any atom is -0.486 e. The number of halogens is 1. The van der Waals surface area contributed by atoms with E-state index in [4.69, 9.17) is 15.2 Å². The lowest BCUT2D eigenvalue weighted by Gasteiger charge is -2.23. The number of nitrogens with two attached hydrogens (primary N) is 1. The molecule has 0 aliphatic carbocycles. The summed E-state index contributed by atoms with van der Waals surface area (Å²) >= 11 is 0. The number of benzene rings is 2. The van der Waals surface area contributed by atoms with Crippen molar-refractivity contribution in [3.05, 3.63) is 54.1 Å². The minimum absolute atomic E-state index is 0. The lowest BCUT2D eigenvalue weighted by atomic mass is 10.1. The van der Waals surface area contributed by atoms with Crippen LogP contribution < -0.4 is 15.2 Å². The van der Waals surface area contributed by atoms with Crippen LogP contribution in [-0.4, -0.2) is 45.6 Å². The lowest BCUT2D eigenvalue weighted by molar-refractivity contribution is 0.171. The van der Waals surface area contributed by atoms with Crippen molar-refractivity contribution in [1.29, 1.82) is 0 Å². The van der Waals surface area contributed by atoms with Crippen LogP contribution in [0.25, 0.3) is 0 Å². The van der Waals surface area contributed by atoms with Crippen LogP contribution in [0.5, 0.6) is 11.5 Å². The van der Waals surface area contributed by atoms with Gasteiger partial charge in [-0.15, -0.1) is 12.4 Å². The highest BCUT2D eigenvalue weighted by Gasteiger charge is 2.25. The number of nitrogens with zero attached hydrogens (tertiary/aromatic N) is 1. The van der Waals surface area contributed by atoms with Crippen molar-refractivity contribution in [3.8, 4) is 11.5 Å². The van der Waals surface area contributed by atoms with Crippen molar-refractivity contribution in [2.75, 3.05) is 32.8 Å². The van der Waals surface area contributed by atoms with Gasteiger partial charge in [0.2, 0.25) is 10.0 Å². The minimum atomic E-state index is -3.65. The molecule has 2 aromatic rings.